The van der Waals surface area contributed by atoms with E-state index in [1.54, 1.807) is 6.92 Å². The zero-order chi connectivity index (χ0) is 15.9. The smallest absolute Gasteiger partial charge is 0.303 e. The number of carboxylic acid groups (broad SMARTS) is 1. The summed E-state index contributed by atoms with van der Waals surface area (Å²) >= 11 is 0. The molecule has 1 aliphatic rings. The molecule has 0 saturated heterocycles. The van der Waals surface area contributed by atoms with Crippen molar-refractivity contribution in [1.82, 2.24) is 10.6 Å². The van der Waals surface area contributed by atoms with Gasteiger partial charge in [0.05, 0.1) is 6.42 Å². The fourth-order valence-electron chi connectivity index (χ4n) is 3.06. The zero-order valence-electron chi connectivity index (χ0n) is 12.9. The number of hydrogen-bond acceptors (Lipinski definition) is 3. The minimum absolute atomic E-state index is 0.0238. The summed E-state index contributed by atoms with van der Waals surface area (Å²) in [6, 6.07) is -0.595. The van der Waals surface area contributed by atoms with Gasteiger partial charge in [0.2, 0.25) is 11.8 Å². The molecule has 0 aliphatic heterocycles. The highest BCUT2D eigenvalue weighted by atomic mass is 16.4. The number of aliphatic carboxylic acids is 1. The topological polar surface area (TPSA) is 95.5 Å². The van der Waals surface area contributed by atoms with Crippen LogP contribution in [0.3, 0.4) is 0 Å². The van der Waals surface area contributed by atoms with Gasteiger partial charge in [-0.25, -0.2) is 0 Å². The summed E-state index contributed by atoms with van der Waals surface area (Å²) in [5.74, 6) is -1.32. The molecule has 1 saturated carbocycles. The van der Waals surface area contributed by atoms with Crippen LogP contribution in [-0.2, 0) is 14.4 Å². The van der Waals surface area contributed by atoms with Crippen molar-refractivity contribution in [2.45, 2.75) is 64.8 Å². The van der Waals surface area contributed by atoms with Gasteiger partial charge in [-0.3, -0.25) is 14.4 Å². The molecule has 0 bridgehead atoms. The summed E-state index contributed by atoms with van der Waals surface area (Å²) in [6.45, 7) is 3.96. The van der Waals surface area contributed by atoms with Crippen LogP contribution >= 0.6 is 0 Å². The summed E-state index contributed by atoms with van der Waals surface area (Å²) in [5, 5.41) is 14.4. The van der Waals surface area contributed by atoms with E-state index < -0.39 is 17.4 Å². The third-order valence-corrected chi connectivity index (χ3v) is 4.10. The van der Waals surface area contributed by atoms with E-state index in [0.29, 0.717) is 6.54 Å². The van der Waals surface area contributed by atoms with Gasteiger partial charge in [0, 0.05) is 13.0 Å². The summed E-state index contributed by atoms with van der Waals surface area (Å²) < 4.78 is 0. The van der Waals surface area contributed by atoms with E-state index in [1.165, 1.54) is 0 Å². The standard InChI is InChI=1S/C15H26N2O4/c1-3-16-14(21)11(2)17-12(18)9-15(10-13(19)20)7-5-4-6-8-15/h11H,3-10H2,1-2H3,(H,16,21)(H,17,18)(H,19,20). The van der Waals surface area contributed by atoms with E-state index in [1.807, 2.05) is 6.92 Å². The highest BCUT2D eigenvalue weighted by Crippen LogP contribution is 2.42. The molecule has 0 aromatic rings. The van der Waals surface area contributed by atoms with Gasteiger partial charge >= 0.3 is 5.97 Å². The lowest BCUT2D eigenvalue weighted by molar-refractivity contribution is -0.141. The lowest BCUT2D eigenvalue weighted by atomic mass is 9.69. The Labute approximate surface area is 125 Å². The summed E-state index contributed by atoms with van der Waals surface area (Å²) in [4.78, 5) is 34.8. The van der Waals surface area contributed by atoms with Crippen molar-refractivity contribution in [1.29, 1.82) is 0 Å². The van der Waals surface area contributed by atoms with Crippen LogP contribution in [0.25, 0.3) is 0 Å². The fraction of sp³-hybridized carbons (Fsp3) is 0.800. The van der Waals surface area contributed by atoms with Crippen molar-refractivity contribution >= 4 is 17.8 Å². The van der Waals surface area contributed by atoms with Crippen LogP contribution in [0.1, 0.15) is 58.8 Å². The predicted octanol–water partition coefficient (Wildman–Crippen LogP) is 1.44. The van der Waals surface area contributed by atoms with Crippen molar-refractivity contribution in [3.05, 3.63) is 0 Å². The minimum Gasteiger partial charge on any atom is -0.481 e. The molecule has 6 heteroatoms. The Morgan fingerprint density at radius 1 is 1.14 bits per heavy atom. The molecule has 21 heavy (non-hydrogen) atoms. The third-order valence-electron chi connectivity index (χ3n) is 4.10. The number of nitrogens with one attached hydrogen (secondary N) is 2. The lowest BCUT2D eigenvalue weighted by Crippen LogP contribution is -2.46. The van der Waals surface area contributed by atoms with Crippen LogP contribution in [0.15, 0.2) is 0 Å². The van der Waals surface area contributed by atoms with Gasteiger partial charge in [-0.2, -0.15) is 0 Å². The lowest BCUT2D eigenvalue weighted by Gasteiger charge is -2.35. The van der Waals surface area contributed by atoms with Gasteiger partial charge in [0.15, 0.2) is 0 Å². The highest BCUT2D eigenvalue weighted by Gasteiger charge is 2.36. The number of likely N-dealkylation sites (N-methyl/N-ethyl adjacent to an activating group) is 1. The van der Waals surface area contributed by atoms with E-state index in [4.69, 9.17) is 5.11 Å². The Bertz CT molecular complexity index is 389. The summed E-state index contributed by atoms with van der Waals surface area (Å²) in [6.07, 6.45) is 4.76. The molecule has 3 N–H and O–H groups in total. The number of rotatable bonds is 7. The molecule has 1 fully saturated rings. The van der Waals surface area contributed by atoms with Gasteiger partial charge in [-0.05, 0) is 32.1 Å². The molecule has 1 atom stereocenters. The molecule has 0 radical (unpaired) electrons. The van der Waals surface area contributed by atoms with Crippen LogP contribution in [0, 0.1) is 5.41 Å². The first-order chi connectivity index (χ1) is 9.88. The molecular weight excluding hydrogens is 272 g/mol. The molecule has 1 unspecified atom stereocenters. The fourth-order valence-corrected chi connectivity index (χ4v) is 3.06. The quantitative estimate of drug-likeness (QED) is 0.662. The maximum absolute atomic E-state index is 12.1. The number of carbonyl (C=O) groups excluding carboxylic acids is 2. The van der Waals surface area contributed by atoms with Gasteiger partial charge < -0.3 is 15.7 Å². The molecule has 0 aromatic carbocycles. The summed E-state index contributed by atoms with van der Waals surface area (Å²) in [7, 11) is 0. The van der Waals surface area contributed by atoms with Crippen molar-refractivity contribution < 1.29 is 19.5 Å². The largest absolute Gasteiger partial charge is 0.481 e. The molecule has 6 nitrogen and oxygen atoms in total. The SMILES string of the molecule is CCNC(=O)C(C)NC(=O)CC1(CC(=O)O)CCCCC1. The predicted molar refractivity (Wildman–Crippen MR) is 78.7 cm³/mol. The molecule has 1 rings (SSSR count). The average molecular weight is 298 g/mol. The van der Waals surface area contributed by atoms with Gasteiger partial charge in [-0.15, -0.1) is 0 Å². The Morgan fingerprint density at radius 2 is 1.76 bits per heavy atom. The van der Waals surface area contributed by atoms with Crippen LogP contribution in [0.4, 0.5) is 0 Å². The molecule has 0 aromatic heterocycles. The number of carbonyl (C=O) groups is 3. The normalized spacial score (nSPS) is 18.6. The van der Waals surface area contributed by atoms with Crippen LogP contribution in [-0.4, -0.2) is 35.5 Å². The van der Waals surface area contributed by atoms with E-state index in [2.05, 4.69) is 10.6 Å². The van der Waals surface area contributed by atoms with Gasteiger partial charge in [-0.1, -0.05) is 19.3 Å². The first kappa shape index (κ1) is 17.5. The maximum Gasteiger partial charge on any atom is 0.303 e. The third kappa shape index (κ3) is 5.73. The molecule has 1 aliphatic carbocycles. The second-order valence-corrected chi connectivity index (χ2v) is 5.99. The van der Waals surface area contributed by atoms with Gasteiger partial charge in [0.25, 0.3) is 0 Å². The minimum atomic E-state index is -0.860. The van der Waals surface area contributed by atoms with Crippen molar-refractivity contribution in [2.75, 3.05) is 6.54 Å². The van der Waals surface area contributed by atoms with E-state index in [0.717, 1.165) is 32.1 Å². The molecular formula is C15H26N2O4. The van der Waals surface area contributed by atoms with E-state index in [9.17, 15) is 14.4 Å². The Morgan fingerprint density at radius 3 is 2.29 bits per heavy atom. The monoisotopic (exact) mass is 298 g/mol. The first-order valence-electron chi connectivity index (χ1n) is 7.67. The Kier molecular flexibility index (Phi) is 6.65. The molecule has 0 heterocycles. The molecule has 2 amide bonds. The molecule has 120 valence electrons. The van der Waals surface area contributed by atoms with Crippen molar-refractivity contribution in [3.8, 4) is 0 Å². The number of amides is 2. The number of hydrogen-bond donors (Lipinski definition) is 3. The van der Waals surface area contributed by atoms with E-state index >= 15 is 0 Å². The molecule has 0 spiro atoms. The summed E-state index contributed by atoms with van der Waals surface area (Å²) in [5.41, 5.74) is -0.449. The van der Waals surface area contributed by atoms with E-state index in [-0.39, 0.29) is 24.7 Å². The van der Waals surface area contributed by atoms with Crippen LogP contribution in [0.5, 0.6) is 0 Å². The van der Waals surface area contributed by atoms with Crippen LogP contribution in [0.2, 0.25) is 0 Å². The first-order valence-corrected chi connectivity index (χ1v) is 7.67. The zero-order valence-corrected chi connectivity index (χ0v) is 12.9. The average Bonchev–Trinajstić information content (AvgIpc) is 2.38. The maximum atomic E-state index is 12.1. The van der Waals surface area contributed by atoms with Crippen LogP contribution < -0.4 is 10.6 Å². The van der Waals surface area contributed by atoms with Gasteiger partial charge in [0.1, 0.15) is 6.04 Å². The van der Waals surface area contributed by atoms with Crippen molar-refractivity contribution in [2.24, 2.45) is 5.41 Å². The Hall–Kier alpha value is -1.59. The second-order valence-electron chi connectivity index (χ2n) is 5.99. The number of carboxylic acids is 1. The van der Waals surface area contributed by atoms with Crippen molar-refractivity contribution in [3.63, 3.8) is 0 Å². The second kappa shape index (κ2) is 8.00. The highest BCUT2D eigenvalue weighted by molar-refractivity contribution is 5.87. The Balaban J connectivity index is 2.59.